The second-order valence-corrected chi connectivity index (χ2v) is 14.3. The number of allylic oxidation sites excluding steroid dienone is 1. The molecule has 6 atom stereocenters. The smallest absolute Gasteiger partial charge is 0.407 e. The van der Waals surface area contributed by atoms with Crippen LogP contribution in [0.5, 0.6) is 0 Å². The van der Waals surface area contributed by atoms with Gasteiger partial charge in [-0.05, 0) is 125 Å². The first-order chi connectivity index (χ1) is 19.3. The highest BCUT2D eigenvalue weighted by Crippen LogP contribution is 2.66. The third-order valence-corrected chi connectivity index (χ3v) is 10.8. The molecule has 7 heteroatoms. The van der Waals surface area contributed by atoms with E-state index in [4.69, 9.17) is 9.57 Å². The molecule has 1 aromatic carbocycles. The van der Waals surface area contributed by atoms with Gasteiger partial charge in [0, 0.05) is 18.9 Å². The van der Waals surface area contributed by atoms with Gasteiger partial charge >= 0.3 is 12.1 Å². The molecule has 4 aliphatic carbocycles. The van der Waals surface area contributed by atoms with Crippen molar-refractivity contribution in [2.45, 2.75) is 105 Å². The van der Waals surface area contributed by atoms with Gasteiger partial charge in [0.05, 0.1) is 11.3 Å². The van der Waals surface area contributed by atoms with Crippen LogP contribution in [-0.2, 0) is 20.9 Å². The maximum Gasteiger partial charge on any atom is 0.407 e. The molecule has 7 nitrogen and oxygen atoms in total. The molecule has 5 rings (SSSR count). The number of rotatable bonds is 5. The fourth-order valence-electron chi connectivity index (χ4n) is 8.72. The van der Waals surface area contributed by atoms with E-state index >= 15 is 0 Å². The highest BCUT2D eigenvalue weighted by Gasteiger charge is 2.59. The molecule has 1 amide bonds. The Hall–Kier alpha value is -2.96. The molecule has 0 saturated heterocycles. The molecule has 3 fully saturated rings. The summed E-state index contributed by atoms with van der Waals surface area (Å²) in [5.41, 5.74) is 3.37. The second kappa shape index (κ2) is 11.0. The SMILES string of the molecule is CC(=NOC(=O)c1ccc(CNC(=O)OC(C)(C)C)cc1)[C@H]1CC[C@H]2[C@@H]3CCC4=CC(=O)CC[C@]4(C)[C@H]3CC[C@]12C. The quantitative estimate of drug-likeness (QED) is 0.229. The standard InChI is InChI=1S/C34H46N2O5/c1-21(36-41-30(38)23-9-7-22(8-10-23)20-35-31(39)40-32(2,3)4)27-13-14-28-26-12-11-24-19-25(37)15-17-33(24,5)29(26)16-18-34(27,28)6/h7-10,19,26-29H,11-18,20H2,1-6H3,(H,35,39)/t26-,27+,28-,29-,33-,34+/m0/s1. The predicted octanol–water partition coefficient (Wildman–Crippen LogP) is 7.39. The number of benzene rings is 1. The lowest BCUT2D eigenvalue weighted by Gasteiger charge is -2.58. The topological polar surface area (TPSA) is 94.1 Å². The number of fused-ring (bicyclic) bond motifs is 5. The van der Waals surface area contributed by atoms with E-state index in [1.807, 2.05) is 33.8 Å². The van der Waals surface area contributed by atoms with E-state index in [2.05, 4.69) is 24.3 Å². The summed E-state index contributed by atoms with van der Waals surface area (Å²) < 4.78 is 5.26. The Balaban J connectivity index is 1.19. The van der Waals surface area contributed by atoms with Crippen LogP contribution in [0.3, 0.4) is 0 Å². The van der Waals surface area contributed by atoms with Crippen molar-refractivity contribution in [3.05, 3.63) is 47.0 Å². The molecule has 0 radical (unpaired) electrons. The van der Waals surface area contributed by atoms with Crippen molar-refractivity contribution in [3.8, 4) is 0 Å². The summed E-state index contributed by atoms with van der Waals surface area (Å²) in [6.45, 7) is 12.6. The highest BCUT2D eigenvalue weighted by atomic mass is 16.7. The highest BCUT2D eigenvalue weighted by molar-refractivity contribution is 5.92. The van der Waals surface area contributed by atoms with Gasteiger partial charge in [-0.25, -0.2) is 9.59 Å². The molecular weight excluding hydrogens is 516 g/mol. The zero-order valence-electron chi connectivity index (χ0n) is 25.5. The molecule has 0 aliphatic heterocycles. The summed E-state index contributed by atoms with van der Waals surface area (Å²) in [5, 5.41) is 7.09. The first kappa shape index (κ1) is 29.5. The molecule has 4 aliphatic rings. The van der Waals surface area contributed by atoms with Crippen LogP contribution in [0.15, 0.2) is 41.1 Å². The molecule has 0 aromatic heterocycles. The van der Waals surface area contributed by atoms with Gasteiger partial charge in [0.1, 0.15) is 5.60 Å². The van der Waals surface area contributed by atoms with Crippen LogP contribution in [0.4, 0.5) is 4.79 Å². The van der Waals surface area contributed by atoms with E-state index in [1.54, 1.807) is 24.3 Å². The molecule has 41 heavy (non-hydrogen) atoms. The first-order valence-electron chi connectivity index (χ1n) is 15.4. The van der Waals surface area contributed by atoms with Crippen LogP contribution in [0.1, 0.15) is 109 Å². The Bertz CT molecular complexity index is 1260. The average Bonchev–Trinajstić information content (AvgIpc) is 3.27. The van der Waals surface area contributed by atoms with Crippen molar-refractivity contribution in [3.63, 3.8) is 0 Å². The Kier molecular flexibility index (Phi) is 7.95. The minimum absolute atomic E-state index is 0.159. The summed E-state index contributed by atoms with van der Waals surface area (Å²) in [6.07, 6.45) is 10.0. The minimum Gasteiger partial charge on any atom is -0.444 e. The van der Waals surface area contributed by atoms with Gasteiger partial charge in [-0.3, -0.25) is 4.79 Å². The van der Waals surface area contributed by atoms with Crippen molar-refractivity contribution in [2.75, 3.05) is 0 Å². The molecule has 1 aromatic rings. The molecule has 3 saturated carbocycles. The van der Waals surface area contributed by atoms with Crippen molar-refractivity contribution in [1.29, 1.82) is 0 Å². The fourth-order valence-corrected chi connectivity index (χ4v) is 8.72. The zero-order valence-corrected chi connectivity index (χ0v) is 25.5. The zero-order chi connectivity index (χ0) is 29.6. The molecule has 222 valence electrons. The van der Waals surface area contributed by atoms with E-state index in [-0.39, 0.29) is 10.8 Å². The van der Waals surface area contributed by atoms with Crippen LogP contribution in [0, 0.1) is 34.5 Å². The maximum absolute atomic E-state index is 12.8. The number of carbonyl (C=O) groups is 3. The Morgan fingerprint density at radius 3 is 2.44 bits per heavy atom. The average molecular weight is 563 g/mol. The number of hydrogen-bond donors (Lipinski definition) is 1. The molecule has 1 N–H and O–H groups in total. The van der Waals surface area contributed by atoms with Crippen molar-refractivity contribution in [2.24, 2.45) is 39.7 Å². The number of nitrogens with zero attached hydrogens (tertiary/aromatic N) is 1. The monoisotopic (exact) mass is 562 g/mol. The van der Waals surface area contributed by atoms with Gasteiger partial charge < -0.3 is 14.9 Å². The molecule has 0 unspecified atom stereocenters. The van der Waals surface area contributed by atoms with Gasteiger partial charge in [0.2, 0.25) is 0 Å². The largest absolute Gasteiger partial charge is 0.444 e. The van der Waals surface area contributed by atoms with Gasteiger partial charge in [0.15, 0.2) is 5.78 Å². The maximum atomic E-state index is 12.8. The number of ether oxygens (including phenoxy) is 1. The van der Waals surface area contributed by atoms with Crippen molar-refractivity contribution in [1.82, 2.24) is 5.32 Å². The number of oxime groups is 1. The number of nitrogens with one attached hydrogen (secondary N) is 1. The second-order valence-electron chi connectivity index (χ2n) is 14.3. The lowest BCUT2D eigenvalue weighted by molar-refractivity contribution is -0.117. The fraction of sp³-hybridized carbons (Fsp3) is 0.647. The van der Waals surface area contributed by atoms with E-state index in [0.29, 0.717) is 48.0 Å². The minimum atomic E-state index is -0.555. The van der Waals surface area contributed by atoms with Crippen molar-refractivity contribution < 1.29 is 24.0 Å². The molecular formula is C34H46N2O5. The third kappa shape index (κ3) is 5.87. The Morgan fingerprint density at radius 2 is 1.73 bits per heavy atom. The summed E-state index contributed by atoms with van der Waals surface area (Å²) in [4.78, 5) is 42.3. The lowest BCUT2D eigenvalue weighted by Crippen LogP contribution is -2.51. The van der Waals surface area contributed by atoms with Crippen molar-refractivity contribution >= 4 is 23.6 Å². The summed E-state index contributed by atoms with van der Waals surface area (Å²) in [5.74, 6) is 2.12. The van der Waals surface area contributed by atoms with Crippen LogP contribution in [-0.4, -0.2) is 29.2 Å². The van der Waals surface area contributed by atoms with Crippen LogP contribution < -0.4 is 5.32 Å². The van der Waals surface area contributed by atoms with E-state index in [1.165, 1.54) is 24.8 Å². The number of amides is 1. The predicted molar refractivity (Wildman–Crippen MR) is 158 cm³/mol. The summed E-state index contributed by atoms with van der Waals surface area (Å²) >= 11 is 0. The summed E-state index contributed by atoms with van der Waals surface area (Å²) in [7, 11) is 0. The van der Waals surface area contributed by atoms with Gasteiger partial charge in [-0.1, -0.05) is 36.7 Å². The lowest BCUT2D eigenvalue weighted by atomic mass is 9.46. The van der Waals surface area contributed by atoms with E-state index in [0.717, 1.165) is 37.0 Å². The summed E-state index contributed by atoms with van der Waals surface area (Å²) in [6, 6.07) is 6.97. The van der Waals surface area contributed by atoms with Crippen LogP contribution in [0.2, 0.25) is 0 Å². The molecule has 0 heterocycles. The third-order valence-electron chi connectivity index (χ3n) is 10.8. The molecule has 0 spiro atoms. The number of alkyl carbamates (subject to hydrolysis) is 1. The number of ketones is 1. The van der Waals surface area contributed by atoms with Gasteiger partial charge in [-0.2, -0.15) is 0 Å². The first-order valence-corrected chi connectivity index (χ1v) is 15.4. The Labute approximate surface area is 244 Å². The number of hydrogen-bond acceptors (Lipinski definition) is 6. The van der Waals surface area contributed by atoms with E-state index in [9.17, 15) is 14.4 Å². The van der Waals surface area contributed by atoms with Crippen LogP contribution >= 0.6 is 0 Å². The number of carbonyl (C=O) groups excluding carboxylic acids is 3. The van der Waals surface area contributed by atoms with Gasteiger partial charge in [-0.15, -0.1) is 0 Å². The van der Waals surface area contributed by atoms with Gasteiger partial charge in [0.25, 0.3) is 0 Å². The normalized spacial score (nSPS) is 33.2. The Morgan fingerprint density at radius 1 is 1.00 bits per heavy atom. The van der Waals surface area contributed by atoms with Crippen LogP contribution in [0.25, 0.3) is 0 Å². The van der Waals surface area contributed by atoms with E-state index < -0.39 is 17.7 Å². The molecule has 0 bridgehead atoms.